The second kappa shape index (κ2) is 6.09. The van der Waals surface area contributed by atoms with Crippen LogP contribution in [0.15, 0.2) is 48.5 Å². The van der Waals surface area contributed by atoms with E-state index in [1.54, 1.807) is 24.3 Å². The summed E-state index contributed by atoms with van der Waals surface area (Å²) in [6.45, 7) is -0.0639. The van der Waals surface area contributed by atoms with Crippen molar-refractivity contribution in [2.24, 2.45) is 0 Å². The first-order valence-electron chi connectivity index (χ1n) is 5.83. The van der Waals surface area contributed by atoms with Gasteiger partial charge in [-0.25, -0.2) is 8.78 Å². The lowest BCUT2D eigenvalue weighted by Gasteiger charge is -2.07. The highest BCUT2D eigenvalue weighted by atomic mass is 19.1. The number of Topliss-reactive ketones (excluding diaryl/α,β-unsaturated/α-hetero) is 1. The number of hydrogen-bond donors (Lipinski definition) is 0. The molecule has 19 heavy (non-hydrogen) atoms. The predicted molar refractivity (Wildman–Crippen MR) is 67.2 cm³/mol. The zero-order chi connectivity index (χ0) is 13.7. The Labute approximate surface area is 109 Å². The maximum Gasteiger partial charge on any atom is 0.190 e. The average molecular weight is 262 g/mol. The Hall–Kier alpha value is -2.23. The Balaban J connectivity index is 1.92. The molecule has 0 aliphatic rings. The van der Waals surface area contributed by atoms with Crippen molar-refractivity contribution in [1.29, 1.82) is 0 Å². The fraction of sp³-hybridized carbons (Fsp3) is 0.133. The monoisotopic (exact) mass is 262 g/mol. The van der Waals surface area contributed by atoms with Crippen molar-refractivity contribution in [1.82, 2.24) is 0 Å². The lowest BCUT2D eigenvalue weighted by molar-refractivity contribution is 0.0959. The number of carbonyl (C=O) groups excluding carboxylic acids is 1. The summed E-state index contributed by atoms with van der Waals surface area (Å²) in [7, 11) is 0. The lowest BCUT2D eigenvalue weighted by atomic mass is 10.1. The molecule has 0 amide bonds. The minimum absolute atomic E-state index is 0.0639. The molecule has 2 nitrogen and oxygen atoms in total. The Bertz CT molecular complexity index is 547. The van der Waals surface area contributed by atoms with Gasteiger partial charge in [-0.1, -0.05) is 36.4 Å². The van der Waals surface area contributed by atoms with Gasteiger partial charge in [0.15, 0.2) is 23.2 Å². The van der Waals surface area contributed by atoms with Crippen LogP contribution in [0.5, 0.6) is 5.75 Å². The highest BCUT2D eigenvalue weighted by Gasteiger charge is 2.11. The molecule has 0 saturated heterocycles. The SMILES string of the molecule is O=C(CCOc1c(F)cccc1F)c1ccccc1. The first kappa shape index (κ1) is 13.2. The van der Waals surface area contributed by atoms with Crippen LogP contribution in [0.4, 0.5) is 8.78 Å². The van der Waals surface area contributed by atoms with Crippen LogP contribution in [0.2, 0.25) is 0 Å². The second-order valence-corrected chi connectivity index (χ2v) is 3.94. The van der Waals surface area contributed by atoms with Gasteiger partial charge in [0.05, 0.1) is 6.61 Å². The number of carbonyl (C=O) groups is 1. The highest BCUT2D eigenvalue weighted by Crippen LogP contribution is 2.21. The normalized spacial score (nSPS) is 10.2. The molecule has 0 fully saturated rings. The maximum absolute atomic E-state index is 13.2. The van der Waals surface area contributed by atoms with E-state index in [4.69, 9.17) is 4.74 Å². The van der Waals surface area contributed by atoms with Crippen molar-refractivity contribution < 1.29 is 18.3 Å². The number of benzene rings is 2. The predicted octanol–water partition coefficient (Wildman–Crippen LogP) is 3.62. The molecule has 0 saturated carbocycles. The Kier molecular flexibility index (Phi) is 4.23. The van der Waals surface area contributed by atoms with E-state index in [1.165, 1.54) is 6.07 Å². The zero-order valence-corrected chi connectivity index (χ0v) is 10.1. The van der Waals surface area contributed by atoms with Gasteiger partial charge in [0.1, 0.15) is 0 Å². The molecule has 0 heterocycles. The van der Waals surface area contributed by atoms with Crippen LogP contribution in [0.1, 0.15) is 16.8 Å². The third-order valence-electron chi connectivity index (χ3n) is 2.59. The molecule has 0 atom stereocenters. The van der Waals surface area contributed by atoms with Crippen LogP contribution < -0.4 is 4.74 Å². The van der Waals surface area contributed by atoms with Crippen LogP contribution in [0.25, 0.3) is 0 Å². The van der Waals surface area contributed by atoms with Crippen LogP contribution in [0, 0.1) is 11.6 Å². The summed E-state index contributed by atoms with van der Waals surface area (Å²) in [5.74, 6) is -2.11. The van der Waals surface area contributed by atoms with Crippen molar-refractivity contribution in [2.45, 2.75) is 6.42 Å². The minimum atomic E-state index is -0.771. The number of hydrogen-bond acceptors (Lipinski definition) is 2. The molecule has 98 valence electrons. The van der Waals surface area contributed by atoms with Gasteiger partial charge in [0, 0.05) is 12.0 Å². The van der Waals surface area contributed by atoms with E-state index in [2.05, 4.69) is 0 Å². The van der Waals surface area contributed by atoms with Crippen LogP contribution in [-0.4, -0.2) is 12.4 Å². The van der Waals surface area contributed by atoms with Gasteiger partial charge in [0.25, 0.3) is 0 Å². The summed E-state index contributed by atoms with van der Waals surface area (Å²) < 4.78 is 31.5. The third kappa shape index (κ3) is 3.37. The van der Waals surface area contributed by atoms with Crippen molar-refractivity contribution >= 4 is 5.78 Å². The Morgan fingerprint density at radius 1 is 0.947 bits per heavy atom. The molecule has 0 aromatic heterocycles. The maximum atomic E-state index is 13.2. The molecule has 0 unspecified atom stereocenters. The minimum Gasteiger partial charge on any atom is -0.487 e. The molecule has 2 rings (SSSR count). The van der Waals surface area contributed by atoms with Gasteiger partial charge in [-0.15, -0.1) is 0 Å². The summed E-state index contributed by atoms with van der Waals surface area (Å²) in [5, 5.41) is 0. The molecule has 0 spiro atoms. The molecule has 2 aromatic rings. The number of halogens is 2. The van der Waals surface area contributed by atoms with Gasteiger partial charge in [0.2, 0.25) is 0 Å². The largest absolute Gasteiger partial charge is 0.487 e. The van der Waals surface area contributed by atoms with Crippen LogP contribution in [0.3, 0.4) is 0 Å². The van der Waals surface area contributed by atoms with Gasteiger partial charge < -0.3 is 4.74 Å². The van der Waals surface area contributed by atoms with Crippen molar-refractivity contribution in [2.75, 3.05) is 6.61 Å². The lowest BCUT2D eigenvalue weighted by Crippen LogP contribution is -2.08. The fourth-order valence-electron chi connectivity index (χ4n) is 1.63. The fourth-order valence-corrected chi connectivity index (χ4v) is 1.63. The molecular weight excluding hydrogens is 250 g/mol. The number of ether oxygens (including phenoxy) is 1. The van der Waals surface area contributed by atoms with Crippen LogP contribution in [-0.2, 0) is 0 Å². The average Bonchev–Trinajstić information content (AvgIpc) is 2.43. The first-order valence-corrected chi connectivity index (χ1v) is 5.83. The summed E-state index contributed by atoms with van der Waals surface area (Å²) in [6, 6.07) is 12.2. The van der Waals surface area contributed by atoms with Gasteiger partial charge in [-0.3, -0.25) is 4.79 Å². The second-order valence-electron chi connectivity index (χ2n) is 3.94. The van der Waals surface area contributed by atoms with Gasteiger partial charge in [-0.2, -0.15) is 0 Å². The zero-order valence-electron chi connectivity index (χ0n) is 10.1. The molecule has 0 bridgehead atoms. The summed E-state index contributed by atoms with van der Waals surface area (Å²) >= 11 is 0. The molecule has 4 heteroatoms. The van der Waals surface area contributed by atoms with E-state index in [9.17, 15) is 13.6 Å². The van der Waals surface area contributed by atoms with E-state index < -0.39 is 17.4 Å². The van der Waals surface area contributed by atoms with Crippen LogP contribution >= 0.6 is 0 Å². The van der Waals surface area contributed by atoms with E-state index in [0.717, 1.165) is 12.1 Å². The Morgan fingerprint density at radius 3 is 2.21 bits per heavy atom. The molecular formula is C15H12F2O2. The molecule has 0 radical (unpaired) electrons. The first-order chi connectivity index (χ1) is 9.18. The molecule has 0 N–H and O–H groups in total. The summed E-state index contributed by atoms with van der Waals surface area (Å²) in [5.41, 5.74) is 0.556. The van der Waals surface area contributed by atoms with E-state index in [-0.39, 0.29) is 18.8 Å². The summed E-state index contributed by atoms with van der Waals surface area (Å²) in [4.78, 5) is 11.7. The van der Waals surface area contributed by atoms with Gasteiger partial charge in [-0.05, 0) is 12.1 Å². The Morgan fingerprint density at radius 2 is 1.58 bits per heavy atom. The van der Waals surface area contributed by atoms with Gasteiger partial charge >= 0.3 is 0 Å². The molecule has 2 aromatic carbocycles. The smallest absolute Gasteiger partial charge is 0.190 e. The third-order valence-corrected chi connectivity index (χ3v) is 2.59. The quantitative estimate of drug-likeness (QED) is 0.769. The van der Waals surface area contributed by atoms with Crippen molar-refractivity contribution in [3.8, 4) is 5.75 Å². The van der Waals surface area contributed by atoms with Crippen molar-refractivity contribution in [3.05, 3.63) is 65.7 Å². The highest BCUT2D eigenvalue weighted by molar-refractivity contribution is 5.96. The molecule has 0 aliphatic heterocycles. The van der Waals surface area contributed by atoms with E-state index >= 15 is 0 Å². The number of rotatable bonds is 5. The number of ketones is 1. The number of para-hydroxylation sites is 1. The summed E-state index contributed by atoms with van der Waals surface area (Å²) in [6.07, 6.45) is 0.0672. The van der Waals surface area contributed by atoms with E-state index in [0.29, 0.717) is 5.56 Å². The molecule has 0 aliphatic carbocycles. The van der Waals surface area contributed by atoms with Crippen molar-refractivity contribution in [3.63, 3.8) is 0 Å². The topological polar surface area (TPSA) is 26.3 Å². The standard InChI is InChI=1S/C15H12F2O2/c16-12-7-4-8-13(17)15(12)19-10-9-14(18)11-5-2-1-3-6-11/h1-8H,9-10H2. The van der Waals surface area contributed by atoms with E-state index in [1.807, 2.05) is 6.07 Å².